The average molecular weight is 326 g/mol. The van der Waals surface area contributed by atoms with Crippen molar-refractivity contribution in [2.24, 2.45) is 0 Å². The summed E-state index contributed by atoms with van der Waals surface area (Å²) in [5, 5.41) is 11.5. The maximum Gasteiger partial charge on any atom is 0.270 e. The summed E-state index contributed by atoms with van der Waals surface area (Å²) in [5.41, 5.74) is 1.67. The van der Waals surface area contributed by atoms with Crippen molar-refractivity contribution in [2.45, 2.75) is 25.7 Å². The quantitative estimate of drug-likeness (QED) is 0.785. The van der Waals surface area contributed by atoms with Gasteiger partial charge < -0.3 is 9.88 Å². The highest BCUT2D eigenvalue weighted by Crippen LogP contribution is 2.29. The van der Waals surface area contributed by atoms with Gasteiger partial charge in [-0.05, 0) is 31.9 Å². The van der Waals surface area contributed by atoms with E-state index in [0.717, 1.165) is 46.8 Å². The summed E-state index contributed by atoms with van der Waals surface area (Å²) in [4.78, 5) is 18.0. The Kier molecular flexibility index (Phi) is 3.61. The van der Waals surface area contributed by atoms with E-state index in [1.807, 2.05) is 42.2 Å². The smallest absolute Gasteiger partial charge is 0.270 e. The second-order valence-electron chi connectivity index (χ2n) is 6.02. The minimum Gasteiger partial charge on any atom is -0.351 e. The molecule has 0 bridgehead atoms. The van der Waals surface area contributed by atoms with Crippen molar-refractivity contribution >= 4 is 28.1 Å². The molecule has 1 amide bonds. The van der Waals surface area contributed by atoms with E-state index in [4.69, 9.17) is 0 Å². The fourth-order valence-electron chi connectivity index (χ4n) is 3.20. The molecule has 118 valence electrons. The van der Waals surface area contributed by atoms with E-state index >= 15 is 0 Å². The number of aryl methyl sites for hydroxylation is 1. The molecule has 2 aromatic heterocycles. The van der Waals surface area contributed by atoms with Crippen LogP contribution in [0.2, 0.25) is 0 Å². The minimum absolute atomic E-state index is 0.0761. The van der Waals surface area contributed by atoms with Gasteiger partial charge >= 0.3 is 0 Å². The number of piperidine rings is 1. The van der Waals surface area contributed by atoms with Crippen molar-refractivity contribution in [3.05, 3.63) is 46.0 Å². The second-order valence-corrected chi connectivity index (χ2v) is 7.23. The van der Waals surface area contributed by atoms with Gasteiger partial charge in [-0.3, -0.25) is 4.79 Å². The van der Waals surface area contributed by atoms with Gasteiger partial charge in [-0.1, -0.05) is 18.2 Å². The van der Waals surface area contributed by atoms with Crippen LogP contribution in [-0.2, 0) is 0 Å². The molecule has 1 N–H and O–H groups in total. The molecule has 6 heteroatoms. The van der Waals surface area contributed by atoms with E-state index < -0.39 is 0 Å². The number of para-hydroxylation sites is 1. The number of rotatable bonds is 2. The zero-order chi connectivity index (χ0) is 15.8. The van der Waals surface area contributed by atoms with Crippen molar-refractivity contribution in [2.75, 3.05) is 13.1 Å². The standard InChI is InChI=1S/C17H18N4OS/c1-11-19-20-16(23-11)13-6-4-8-21(10-13)17(22)15-9-12-5-2-3-7-14(12)18-15/h2-3,5,7,9,13,18H,4,6,8,10H2,1H3. The van der Waals surface area contributed by atoms with Crippen LogP contribution in [-0.4, -0.2) is 39.1 Å². The summed E-state index contributed by atoms with van der Waals surface area (Å²) < 4.78 is 0. The molecule has 4 rings (SSSR count). The van der Waals surface area contributed by atoms with Crippen molar-refractivity contribution < 1.29 is 4.79 Å². The molecule has 0 spiro atoms. The number of likely N-dealkylation sites (tertiary alicyclic amines) is 1. The summed E-state index contributed by atoms with van der Waals surface area (Å²) in [6, 6.07) is 9.91. The molecule has 5 nitrogen and oxygen atoms in total. The summed E-state index contributed by atoms with van der Waals surface area (Å²) >= 11 is 1.64. The Morgan fingerprint density at radius 3 is 3.00 bits per heavy atom. The molecular weight excluding hydrogens is 308 g/mol. The van der Waals surface area contributed by atoms with E-state index in [1.165, 1.54) is 0 Å². The number of fused-ring (bicyclic) bond motifs is 1. The third-order valence-corrected chi connectivity index (χ3v) is 5.36. The number of carbonyl (C=O) groups excluding carboxylic acids is 1. The van der Waals surface area contributed by atoms with Gasteiger partial charge in [-0.25, -0.2) is 0 Å². The normalized spacial score (nSPS) is 18.5. The van der Waals surface area contributed by atoms with Gasteiger partial charge in [-0.2, -0.15) is 0 Å². The Hall–Kier alpha value is -2.21. The highest BCUT2D eigenvalue weighted by atomic mass is 32.1. The largest absolute Gasteiger partial charge is 0.351 e. The first-order chi connectivity index (χ1) is 11.2. The van der Waals surface area contributed by atoms with Gasteiger partial charge in [0.1, 0.15) is 15.7 Å². The number of aromatic amines is 1. The molecule has 1 unspecified atom stereocenters. The first-order valence-corrected chi connectivity index (χ1v) is 8.69. The lowest BCUT2D eigenvalue weighted by molar-refractivity contribution is 0.0702. The number of hydrogen-bond donors (Lipinski definition) is 1. The monoisotopic (exact) mass is 326 g/mol. The second kappa shape index (κ2) is 5.77. The topological polar surface area (TPSA) is 61.9 Å². The van der Waals surface area contributed by atoms with Crippen molar-refractivity contribution in [3.8, 4) is 0 Å². The number of aromatic nitrogens is 3. The maximum absolute atomic E-state index is 12.8. The SMILES string of the molecule is Cc1nnc(C2CCCN(C(=O)c3cc4ccccc4[nH]3)C2)s1. The van der Waals surface area contributed by atoms with Gasteiger partial charge in [0.15, 0.2) is 0 Å². The minimum atomic E-state index is 0.0761. The first-order valence-electron chi connectivity index (χ1n) is 7.88. The lowest BCUT2D eigenvalue weighted by atomic mass is 9.98. The molecule has 1 saturated heterocycles. The first kappa shape index (κ1) is 14.4. The van der Waals surface area contributed by atoms with Crippen LogP contribution in [0.25, 0.3) is 10.9 Å². The third kappa shape index (κ3) is 2.74. The van der Waals surface area contributed by atoms with Crippen molar-refractivity contribution in [1.29, 1.82) is 0 Å². The van der Waals surface area contributed by atoms with Crippen LogP contribution in [0.4, 0.5) is 0 Å². The average Bonchev–Trinajstić information content (AvgIpc) is 3.20. The molecule has 0 saturated carbocycles. The van der Waals surface area contributed by atoms with Crippen LogP contribution in [0.15, 0.2) is 30.3 Å². The molecule has 3 aromatic rings. The number of H-pyrrole nitrogens is 1. The Labute approximate surface area is 138 Å². The molecule has 3 heterocycles. The zero-order valence-electron chi connectivity index (χ0n) is 13.0. The molecule has 1 aromatic carbocycles. The zero-order valence-corrected chi connectivity index (χ0v) is 13.8. The van der Waals surface area contributed by atoms with Gasteiger partial charge in [0.05, 0.1) is 0 Å². The molecule has 1 atom stereocenters. The van der Waals surface area contributed by atoms with Crippen LogP contribution < -0.4 is 0 Å². The van der Waals surface area contributed by atoms with Crippen LogP contribution in [0.3, 0.4) is 0 Å². The van der Waals surface area contributed by atoms with E-state index in [9.17, 15) is 4.79 Å². The van der Waals surface area contributed by atoms with E-state index in [1.54, 1.807) is 11.3 Å². The molecule has 0 radical (unpaired) electrons. The highest BCUT2D eigenvalue weighted by Gasteiger charge is 2.28. The number of amides is 1. The Morgan fingerprint density at radius 2 is 2.22 bits per heavy atom. The summed E-state index contributed by atoms with van der Waals surface area (Å²) in [5.74, 6) is 0.385. The number of nitrogens with one attached hydrogen (secondary N) is 1. The molecule has 1 aliphatic rings. The van der Waals surface area contributed by atoms with E-state index in [-0.39, 0.29) is 5.91 Å². The van der Waals surface area contributed by atoms with E-state index in [2.05, 4.69) is 15.2 Å². The number of hydrogen-bond acceptors (Lipinski definition) is 4. The predicted molar refractivity (Wildman–Crippen MR) is 90.8 cm³/mol. The number of nitrogens with zero attached hydrogens (tertiary/aromatic N) is 3. The molecule has 1 aliphatic heterocycles. The number of carbonyl (C=O) groups is 1. The molecule has 23 heavy (non-hydrogen) atoms. The maximum atomic E-state index is 12.8. The van der Waals surface area contributed by atoms with Crippen LogP contribution >= 0.6 is 11.3 Å². The Morgan fingerprint density at radius 1 is 1.35 bits per heavy atom. The van der Waals surface area contributed by atoms with Crippen molar-refractivity contribution in [1.82, 2.24) is 20.1 Å². The molecular formula is C17H18N4OS. The van der Waals surface area contributed by atoms with Gasteiger partial charge in [0, 0.05) is 29.9 Å². The summed E-state index contributed by atoms with van der Waals surface area (Å²) in [6.45, 7) is 3.50. The van der Waals surface area contributed by atoms with E-state index in [0.29, 0.717) is 11.6 Å². The van der Waals surface area contributed by atoms with Crippen molar-refractivity contribution in [3.63, 3.8) is 0 Å². The summed E-state index contributed by atoms with van der Waals surface area (Å²) in [7, 11) is 0. The fourth-order valence-corrected chi connectivity index (χ4v) is 4.02. The third-order valence-electron chi connectivity index (χ3n) is 4.36. The fraction of sp³-hybridized carbons (Fsp3) is 0.353. The Bertz CT molecular complexity index is 820. The Balaban J connectivity index is 1.55. The highest BCUT2D eigenvalue weighted by molar-refractivity contribution is 7.11. The van der Waals surface area contributed by atoms with Crippen LogP contribution in [0, 0.1) is 6.92 Å². The lowest BCUT2D eigenvalue weighted by Crippen LogP contribution is -2.39. The molecule has 0 aliphatic carbocycles. The predicted octanol–water partition coefficient (Wildman–Crippen LogP) is 3.35. The van der Waals surface area contributed by atoms with Gasteiger partial charge in [0.25, 0.3) is 5.91 Å². The molecule has 1 fully saturated rings. The van der Waals surface area contributed by atoms with Gasteiger partial charge in [0.2, 0.25) is 0 Å². The van der Waals surface area contributed by atoms with Crippen LogP contribution in [0.5, 0.6) is 0 Å². The van der Waals surface area contributed by atoms with Crippen LogP contribution in [0.1, 0.15) is 39.3 Å². The van der Waals surface area contributed by atoms with Gasteiger partial charge in [-0.15, -0.1) is 21.5 Å². The lowest BCUT2D eigenvalue weighted by Gasteiger charge is -2.31. The number of benzene rings is 1. The summed E-state index contributed by atoms with van der Waals surface area (Å²) in [6.07, 6.45) is 2.08.